The summed E-state index contributed by atoms with van der Waals surface area (Å²) >= 11 is 0. The number of aromatic nitrogens is 3. The summed E-state index contributed by atoms with van der Waals surface area (Å²) in [6.07, 6.45) is 10.3. The van der Waals surface area contributed by atoms with Gasteiger partial charge in [0.15, 0.2) is 5.82 Å². The predicted molar refractivity (Wildman–Crippen MR) is 178 cm³/mol. The molecule has 5 heterocycles. The number of phenolic OH excluding ortho intramolecular Hbond substituents is 1. The standard InChI is InChI=1S/C36H40FN7O2/c1-4-23-6-5-7-24-16-27(45)17-28(30(23)24)32-31(37)33-29(22(2)38-32)34(44-18-25-8-9-26(19-44)39-25)41-35(40-33)46-21-36(10-11-36)20-43-14-12-42(3)13-15-43/h1,5-7,16-17,25-26,39,45H,8-15,18-21H2,2-3H3. The zero-order chi connectivity index (χ0) is 31.6. The summed E-state index contributed by atoms with van der Waals surface area (Å²) in [4.78, 5) is 21.7. The van der Waals surface area contributed by atoms with Crippen LogP contribution in [-0.2, 0) is 0 Å². The van der Waals surface area contributed by atoms with Crippen LogP contribution in [0.2, 0.25) is 0 Å². The van der Waals surface area contributed by atoms with Gasteiger partial charge in [-0.25, -0.2) is 9.37 Å². The molecule has 1 aliphatic carbocycles. The highest BCUT2D eigenvalue weighted by Crippen LogP contribution is 2.47. The molecule has 9 nitrogen and oxygen atoms in total. The molecule has 2 N–H and O–H groups in total. The number of likely N-dealkylation sites (N-methyl/N-ethyl adjacent to an activating group) is 1. The van der Waals surface area contributed by atoms with Crippen molar-refractivity contribution >= 4 is 27.5 Å². The van der Waals surface area contributed by atoms with Gasteiger partial charge in [-0.2, -0.15) is 9.97 Å². The van der Waals surface area contributed by atoms with Gasteiger partial charge >= 0.3 is 6.01 Å². The van der Waals surface area contributed by atoms with Crippen LogP contribution in [0.1, 0.15) is 36.9 Å². The first-order valence-electron chi connectivity index (χ1n) is 16.4. The van der Waals surface area contributed by atoms with Gasteiger partial charge in [-0.1, -0.05) is 18.1 Å². The summed E-state index contributed by atoms with van der Waals surface area (Å²) in [6, 6.07) is 9.58. The zero-order valence-electron chi connectivity index (χ0n) is 26.5. The molecule has 0 spiro atoms. The largest absolute Gasteiger partial charge is 0.508 e. The monoisotopic (exact) mass is 621 g/mol. The SMILES string of the molecule is C#Cc1cccc2cc(O)cc(-c3nc(C)c4c(N5CC6CCC(C5)N6)nc(OCC5(CN6CCN(C)CC6)CC5)nc4c3F)c12. The van der Waals surface area contributed by atoms with Crippen LogP contribution in [-0.4, -0.2) is 101 Å². The Morgan fingerprint density at radius 3 is 2.54 bits per heavy atom. The first kappa shape index (κ1) is 29.4. The van der Waals surface area contributed by atoms with Gasteiger partial charge in [0.05, 0.1) is 17.7 Å². The Balaban J connectivity index is 1.22. The number of benzene rings is 2. The molecule has 2 aromatic heterocycles. The molecule has 4 aliphatic rings. The van der Waals surface area contributed by atoms with Gasteiger partial charge in [-0.15, -0.1) is 6.42 Å². The molecule has 0 amide bonds. The molecule has 238 valence electrons. The number of aromatic hydroxyl groups is 1. The van der Waals surface area contributed by atoms with E-state index in [2.05, 4.69) is 33.0 Å². The van der Waals surface area contributed by atoms with E-state index in [9.17, 15) is 5.11 Å². The van der Waals surface area contributed by atoms with Crippen molar-refractivity contribution in [3.05, 3.63) is 47.4 Å². The average molecular weight is 622 g/mol. The van der Waals surface area contributed by atoms with E-state index in [0.717, 1.165) is 71.5 Å². The normalized spacial score (nSPS) is 22.8. The number of piperazine rings is 2. The molecule has 2 aromatic carbocycles. The van der Waals surface area contributed by atoms with Crippen LogP contribution < -0.4 is 15.0 Å². The van der Waals surface area contributed by atoms with Gasteiger partial charge in [0.25, 0.3) is 0 Å². The molecule has 3 aliphatic heterocycles. The second-order valence-corrected chi connectivity index (χ2v) is 13.9. The fourth-order valence-corrected chi connectivity index (χ4v) is 7.69. The zero-order valence-corrected chi connectivity index (χ0v) is 26.5. The number of anilines is 1. The molecule has 4 aromatic rings. The highest BCUT2D eigenvalue weighted by molar-refractivity contribution is 6.03. The van der Waals surface area contributed by atoms with Gasteiger partial charge in [0.1, 0.15) is 22.8 Å². The van der Waals surface area contributed by atoms with Crippen LogP contribution in [0.25, 0.3) is 32.9 Å². The Bertz CT molecular complexity index is 1870. The predicted octanol–water partition coefficient (Wildman–Crippen LogP) is 4.33. The Labute approximate surface area is 268 Å². The van der Waals surface area contributed by atoms with Crippen LogP contribution in [0.5, 0.6) is 11.8 Å². The van der Waals surface area contributed by atoms with Crippen LogP contribution >= 0.6 is 0 Å². The maximum absolute atomic E-state index is 17.0. The Hall–Kier alpha value is -4.04. The minimum atomic E-state index is -0.579. The number of phenols is 1. The van der Waals surface area contributed by atoms with Gasteiger partial charge in [0, 0.05) is 79.8 Å². The van der Waals surface area contributed by atoms with E-state index in [4.69, 9.17) is 26.1 Å². The van der Waals surface area contributed by atoms with Crippen molar-refractivity contribution in [1.29, 1.82) is 0 Å². The van der Waals surface area contributed by atoms with Crippen molar-refractivity contribution in [1.82, 2.24) is 30.1 Å². The second-order valence-electron chi connectivity index (χ2n) is 13.9. The fourth-order valence-electron chi connectivity index (χ4n) is 7.69. The minimum Gasteiger partial charge on any atom is -0.508 e. The summed E-state index contributed by atoms with van der Waals surface area (Å²) in [5.41, 5.74) is 1.99. The molecular formula is C36H40FN7O2. The molecule has 4 fully saturated rings. The van der Waals surface area contributed by atoms with E-state index in [1.165, 1.54) is 6.07 Å². The number of nitrogens with zero attached hydrogens (tertiary/aromatic N) is 6. The fraction of sp³-hybridized carbons (Fsp3) is 0.472. The molecule has 2 atom stereocenters. The quantitative estimate of drug-likeness (QED) is 0.293. The van der Waals surface area contributed by atoms with Crippen molar-refractivity contribution in [2.24, 2.45) is 5.41 Å². The van der Waals surface area contributed by atoms with Gasteiger partial charge in [-0.3, -0.25) is 0 Å². The average Bonchev–Trinajstić information content (AvgIpc) is 3.75. The van der Waals surface area contributed by atoms with Crippen LogP contribution in [0.4, 0.5) is 10.2 Å². The molecule has 3 saturated heterocycles. The number of fused-ring (bicyclic) bond motifs is 4. The summed E-state index contributed by atoms with van der Waals surface area (Å²) < 4.78 is 23.4. The van der Waals surface area contributed by atoms with Gasteiger partial charge in [0.2, 0.25) is 0 Å². The maximum Gasteiger partial charge on any atom is 0.319 e. The lowest BCUT2D eigenvalue weighted by atomic mass is 9.96. The molecule has 1 saturated carbocycles. The summed E-state index contributed by atoms with van der Waals surface area (Å²) in [6.45, 7) is 9.20. The van der Waals surface area contributed by atoms with Crippen molar-refractivity contribution in [3.8, 4) is 35.4 Å². The van der Waals surface area contributed by atoms with E-state index < -0.39 is 5.82 Å². The van der Waals surface area contributed by atoms with Crippen LogP contribution in [0.3, 0.4) is 0 Å². The summed E-state index contributed by atoms with van der Waals surface area (Å²) in [7, 11) is 2.17. The first-order chi connectivity index (χ1) is 22.3. The van der Waals surface area contributed by atoms with Crippen molar-refractivity contribution in [2.45, 2.75) is 44.7 Å². The van der Waals surface area contributed by atoms with Crippen LogP contribution in [0, 0.1) is 30.5 Å². The number of hydrogen-bond acceptors (Lipinski definition) is 9. The van der Waals surface area contributed by atoms with Crippen LogP contribution in [0.15, 0.2) is 30.3 Å². The molecule has 10 heteroatoms. The van der Waals surface area contributed by atoms with Crippen molar-refractivity contribution in [3.63, 3.8) is 0 Å². The van der Waals surface area contributed by atoms with E-state index in [0.29, 0.717) is 57.5 Å². The molecule has 2 unspecified atom stereocenters. The lowest BCUT2D eigenvalue weighted by Crippen LogP contribution is -2.51. The third kappa shape index (κ3) is 5.30. The number of terminal acetylenes is 1. The molecular weight excluding hydrogens is 581 g/mol. The Morgan fingerprint density at radius 2 is 1.83 bits per heavy atom. The highest BCUT2D eigenvalue weighted by atomic mass is 19.1. The Kier molecular flexibility index (Phi) is 7.24. The summed E-state index contributed by atoms with van der Waals surface area (Å²) in [5, 5.41) is 16.3. The third-order valence-electron chi connectivity index (χ3n) is 10.4. The number of pyridine rings is 1. The number of rotatable bonds is 7. The smallest absolute Gasteiger partial charge is 0.319 e. The Morgan fingerprint density at radius 1 is 1.07 bits per heavy atom. The lowest BCUT2D eigenvalue weighted by Gasteiger charge is -2.35. The van der Waals surface area contributed by atoms with Gasteiger partial charge < -0.3 is 29.9 Å². The van der Waals surface area contributed by atoms with Crippen molar-refractivity contribution in [2.75, 3.05) is 64.4 Å². The maximum atomic E-state index is 17.0. The highest BCUT2D eigenvalue weighted by Gasteiger charge is 2.45. The topological polar surface area (TPSA) is 89.9 Å². The van der Waals surface area contributed by atoms with E-state index >= 15 is 4.39 Å². The van der Waals surface area contributed by atoms with E-state index in [1.54, 1.807) is 6.07 Å². The molecule has 2 bridgehead atoms. The first-order valence-corrected chi connectivity index (χ1v) is 16.4. The minimum absolute atomic E-state index is 0.00870. The lowest BCUT2D eigenvalue weighted by molar-refractivity contribution is 0.107. The number of halogens is 1. The summed E-state index contributed by atoms with van der Waals surface area (Å²) in [5.74, 6) is 2.82. The second kappa shape index (κ2) is 11.3. The molecule has 8 rings (SSSR count). The van der Waals surface area contributed by atoms with Crippen molar-refractivity contribution < 1.29 is 14.2 Å². The molecule has 46 heavy (non-hydrogen) atoms. The number of nitrogens with one attached hydrogen (secondary N) is 1. The van der Waals surface area contributed by atoms with E-state index in [-0.39, 0.29) is 28.4 Å². The third-order valence-corrected chi connectivity index (χ3v) is 10.4. The molecule has 0 radical (unpaired) electrons. The van der Waals surface area contributed by atoms with Gasteiger partial charge in [-0.05, 0) is 63.2 Å². The van der Waals surface area contributed by atoms with E-state index in [1.807, 2.05) is 25.1 Å². The number of hydrogen-bond donors (Lipinski definition) is 2. The number of ether oxygens (including phenoxy) is 1. The number of aryl methyl sites for hydroxylation is 1.